The molecule has 4 nitrogen and oxygen atoms in total. The summed E-state index contributed by atoms with van der Waals surface area (Å²) in [6, 6.07) is 5.77. The zero-order valence-corrected chi connectivity index (χ0v) is 13.7. The lowest BCUT2D eigenvalue weighted by molar-refractivity contribution is -0.127. The number of hydrogen-bond donors (Lipinski definition) is 0. The van der Waals surface area contributed by atoms with Crippen LogP contribution in [0.4, 0.5) is 0 Å². The minimum absolute atomic E-state index is 0.0727. The van der Waals surface area contributed by atoms with E-state index in [1.54, 1.807) is 0 Å². The van der Waals surface area contributed by atoms with E-state index in [2.05, 4.69) is 22.9 Å². The number of amides is 2. The molecular formula is C16H18BrNO3. The van der Waals surface area contributed by atoms with Crippen LogP contribution in [0.15, 0.2) is 18.2 Å². The minimum atomic E-state index is -0.219. The molecule has 0 spiro atoms. The van der Waals surface area contributed by atoms with Crippen molar-refractivity contribution in [1.29, 1.82) is 0 Å². The smallest absolute Gasteiger partial charge is 0.260 e. The highest BCUT2D eigenvalue weighted by atomic mass is 79.9. The summed E-state index contributed by atoms with van der Waals surface area (Å²) >= 11 is 3.70. The van der Waals surface area contributed by atoms with E-state index in [0.717, 1.165) is 24.0 Å². The van der Waals surface area contributed by atoms with E-state index < -0.39 is 0 Å². The van der Waals surface area contributed by atoms with Crippen LogP contribution in [0.2, 0.25) is 0 Å². The van der Waals surface area contributed by atoms with Gasteiger partial charge in [0.05, 0.1) is 23.5 Å². The molecule has 1 aromatic carbocycles. The normalized spacial score (nSPS) is 26.9. The number of alkyl halides is 1. The lowest BCUT2D eigenvalue weighted by Gasteiger charge is -2.25. The fourth-order valence-electron chi connectivity index (χ4n) is 2.96. The van der Waals surface area contributed by atoms with Crippen molar-refractivity contribution in [3.8, 4) is 0 Å². The van der Waals surface area contributed by atoms with Gasteiger partial charge in [-0.15, -0.1) is 0 Å². The summed E-state index contributed by atoms with van der Waals surface area (Å²) in [4.78, 5) is 25.2. The number of nitrogens with zero attached hydrogens (tertiary/aromatic N) is 1. The number of ether oxygens (including phenoxy) is 1. The minimum Gasteiger partial charge on any atom is -0.374 e. The molecule has 3 rings (SSSR count). The van der Waals surface area contributed by atoms with Crippen LogP contribution in [-0.2, 0) is 16.0 Å². The highest BCUT2D eigenvalue weighted by Gasteiger charge is 2.32. The summed E-state index contributed by atoms with van der Waals surface area (Å²) in [6.07, 6.45) is 2.80. The van der Waals surface area contributed by atoms with E-state index in [0.29, 0.717) is 12.0 Å². The maximum Gasteiger partial charge on any atom is 0.260 e. The summed E-state index contributed by atoms with van der Waals surface area (Å²) in [5.74, 6) is -0.368. The van der Waals surface area contributed by atoms with Gasteiger partial charge in [0.2, 0.25) is 5.91 Å². The van der Waals surface area contributed by atoms with Crippen molar-refractivity contribution in [3.05, 3.63) is 34.9 Å². The van der Waals surface area contributed by atoms with Crippen molar-refractivity contribution in [2.75, 3.05) is 7.05 Å². The van der Waals surface area contributed by atoms with Crippen molar-refractivity contribution < 1.29 is 14.3 Å². The second-order valence-corrected chi connectivity index (χ2v) is 6.80. The molecule has 1 saturated heterocycles. The van der Waals surface area contributed by atoms with Crippen molar-refractivity contribution in [2.24, 2.45) is 0 Å². The Morgan fingerprint density at radius 3 is 2.76 bits per heavy atom. The second kappa shape index (κ2) is 5.54. The summed E-state index contributed by atoms with van der Waals surface area (Å²) in [7, 11) is 1.54. The fourth-order valence-corrected chi connectivity index (χ4v) is 3.63. The molecule has 0 N–H and O–H groups in total. The molecule has 0 bridgehead atoms. The molecular weight excluding hydrogens is 334 g/mol. The Morgan fingerprint density at radius 1 is 1.33 bits per heavy atom. The van der Waals surface area contributed by atoms with Crippen molar-refractivity contribution in [3.63, 3.8) is 0 Å². The standard InChI is InChI=1S/C16H18BrNO3/c1-9-3-6-13(21-9)15(17)11-5-4-10-8-14(19)18(2)16(20)12(10)7-11/h4-5,7,9,13,15H,3,6,8H2,1-2H3. The van der Waals surface area contributed by atoms with Gasteiger partial charge in [0.1, 0.15) is 0 Å². The Bertz CT molecular complexity index is 601. The summed E-state index contributed by atoms with van der Waals surface area (Å²) in [5, 5.41) is 0. The highest BCUT2D eigenvalue weighted by Crippen LogP contribution is 2.37. The van der Waals surface area contributed by atoms with Crippen LogP contribution < -0.4 is 0 Å². The van der Waals surface area contributed by atoms with E-state index in [-0.39, 0.29) is 28.8 Å². The van der Waals surface area contributed by atoms with E-state index in [1.807, 2.05) is 18.2 Å². The van der Waals surface area contributed by atoms with Crippen LogP contribution in [-0.4, -0.2) is 36.0 Å². The fraction of sp³-hybridized carbons (Fsp3) is 0.500. The van der Waals surface area contributed by atoms with Gasteiger partial charge in [0.25, 0.3) is 5.91 Å². The lowest BCUT2D eigenvalue weighted by atomic mass is 9.94. The number of likely N-dealkylation sites (N-methyl/N-ethyl adjacent to an activating group) is 1. The quantitative estimate of drug-likeness (QED) is 0.607. The van der Waals surface area contributed by atoms with E-state index >= 15 is 0 Å². The summed E-state index contributed by atoms with van der Waals surface area (Å²) in [5.41, 5.74) is 2.47. The first kappa shape index (κ1) is 14.7. The molecule has 0 aromatic heterocycles. The second-order valence-electron chi connectivity index (χ2n) is 5.82. The topological polar surface area (TPSA) is 46.6 Å². The number of halogens is 1. The van der Waals surface area contributed by atoms with Gasteiger partial charge in [-0.05, 0) is 37.0 Å². The predicted octanol–water partition coefficient (Wildman–Crippen LogP) is 2.84. The number of benzene rings is 1. The first-order valence-corrected chi connectivity index (χ1v) is 8.12. The average molecular weight is 352 g/mol. The lowest BCUT2D eigenvalue weighted by Crippen LogP contribution is -2.39. The summed E-state index contributed by atoms with van der Waals surface area (Å²) < 4.78 is 5.89. The predicted molar refractivity (Wildman–Crippen MR) is 82.5 cm³/mol. The number of carbonyl (C=O) groups is 2. The van der Waals surface area contributed by atoms with Crippen LogP contribution in [0.3, 0.4) is 0 Å². The molecule has 1 fully saturated rings. The van der Waals surface area contributed by atoms with Crippen LogP contribution in [0, 0.1) is 0 Å². The van der Waals surface area contributed by atoms with E-state index in [1.165, 1.54) is 11.9 Å². The van der Waals surface area contributed by atoms with Crippen LogP contribution in [0.25, 0.3) is 0 Å². The maximum atomic E-state index is 12.2. The number of imide groups is 1. The Hall–Kier alpha value is -1.20. The third-order valence-electron chi connectivity index (χ3n) is 4.29. The van der Waals surface area contributed by atoms with Crippen molar-refractivity contribution >= 4 is 27.7 Å². The van der Waals surface area contributed by atoms with Gasteiger partial charge in [-0.1, -0.05) is 28.1 Å². The first-order chi connectivity index (χ1) is 9.97. The Morgan fingerprint density at radius 2 is 2.10 bits per heavy atom. The van der Waals surface area contributed by atoms with Gasteiger partial charge in [-0.3, -0.25) is 14.5 Å². The molecule has 0 radical (unpaired) electrons. The monoisotopic (exact) mass is 351 g/mol. The SMILES string of the molecule is CC1CCC(C(Br)c2ccc3c(c2)C(=O)N(C)C(=O)C3)O1. The van der Waals surface area contributed by atoms with Crippen molar-refractivity contribution in [2.45, 2.75) is 43.2 Å². The van der Waals surface area contributed by atoms with Gasteiger partial charge >= 0.3 is 0 Å². The molecule has 5 heteroatoms. The van der Waals surface area contributed by atoms with Crippen LogP contribution >= 0.6 is 15.9 Å². The molecule has 112 valence electrons. The molecule has 21 heavy (non-hydrogen) atoms. The zero-order valence-electron chi connectivity index (χ0n) is 12.1. The maximum absolute atomic E-state index is 12.2. The molecule has 2 aliphatic heterocycles. The average Bonchev–Trinajstić information content (AvgIpc) is 2.90. The molecule has 2 amide bonds. The third-order valence-corrected chi connectivity index (χ3v) is 5.41. The Labute approximate surface area is 132 Å². The van der Waals surface area contributed by atoms with Gasteiger partial charge in [0.15, 0.2) is 0 Å². The molecule has 0 saturated carbocycles. The highest BCUT2D eigenvalue weighted by molar-refractivity contribution is 9.09. The molecule has 3 atom stereocenters. The van der Waals surface area contributed by atoms with Crippen LogP contribution in [0.1, 0.15) is 46.1 Å². The molecule has 0 aliphatic carbocycles. The number of hydrogen-bond acceptors (Lipinski definition) is 3. The zero-order chi connectivity index (χ0) is 15.1. The van der Waals surface area contributed by atoms with Gasteiger partial charge in [-0.25, -0.2) is 0 Å². The molecule has 2 aliphatic rings. The number of rotatable bonds is 2. The van der Waals surface area contributed by atoms with Gasteiger partial charge in [-0.2, -0.15) is 0 Å². The number of fused-ring (bicyclic) bond motifs is 1. The Kier molecular flexibility index (Phi) is 3.88. The van der Waals surface area contributed by atoms with Crippen LogP contribution in [0.5, 0.6) is 0 Å². The molecule has 3 unspecified atom stereocenters. The first-order valence-electron chi connectivity index (χ1n) is 7.20. The molecule has 2 heterocycles. The van der Waals surface area contributed by atoms with Crippen molar-refractivity contribution in [1.82, 2.24) is 4.90 Å². The van der Waals surface area contributed by atoms with E-state index in [4.69, 9.17) is 4.74 Å². The molecule has 1 aromatic rings. The summed E-state index contributed by atoms with van der Waals surface area (Å²) in [6.45, 7) is 2.08. The van der Waals surface area contributed by atoms with Gasteiger partial charge in [0, 0.05) is 12.6 Å². The largest absolute Gasteiger partial charge is 0.374 e. The van der Waals surface area contributed by atoms with Gasteiger partial charge < -0.3 is 4.74 Å². The third kappa shape index (κ3) is 2.64. The Balaban J connectivity index is 1.89. The number of carbonyl (C=O) groups excluding carboxylic acids is 2. The van der Waals surface area contributed by atoms with E-state index in [9.17, 15) is 9.59 Å².